The molecule has 0 aromatic carbocycles. The number of carbonyl (C=O) groups is 2. The molecule has 0 spiro atoms. The van der Waals surface area contributed by atoms with Crippen LogP contribution in [0.2, 0.25) is 0 Å². The lowest BCUT2D eigenvalue weighted by Crippen LogP contribution is -2.32. The standard InChI is InChI=1S/C11H19NO6S/c1-8-6-12(7-9(8)11(15)18-2)19(16,17)5-3-4-10(13)14/h8-9H,3-7H2,1-2H3,(H,13,14). The smallest absolute Gasteiger partial charge is 0.310 e. The van der Waals surface area contributed by atoms with Crippen LogP contribution in [-0.2, 0) is 24.3 Å². The van der Waals surface area contributed by atoms with Crippen molar-refractivity contribution < 1.29 is 27.9 Å². The van der Waals surface area contributed by atoms with Crippen LogP contribution in [0.5, 0.6) is 0 Å². The predicted molar refractivity (Wildman–Crippen MR) is 66.9 cm³/mol. The molecule has 1 aliphatic heterocycles. The summed E-state index contributed by atoms with van der Waals surface area (Å²) < 4.78 is 29.9. The molecule has 110 valence electrons. The molecule has 0 amide bonds. The van der Waals surface area contributed by atoms with Gasteiger partial charge in [0.2, 0.25) is 10.0 Å². The lowest BCUT2D eigenvalue weighted by atomic mass is 9.99. The SMILES string of the molecule is COC(=O)C1CN(S(=O)(=O)CCCC(=O)O)CC1C. The van der Waals surface area contributed by atoms with Crippen LogP contribution in [0, 0.1) is 11.8 Å². The summed E-state index contributed by atoms with van der Waals surface area (Å²) in [6, 6.07) is 0. The summed E-state index contributed by atoms with van der Waals surface area (Å²) in [5, 5.41) is 8.49. The van der Waals surface area contributed by atoms with Crippen molar-refractivity contribution >= 4 is 22.0 Å². The highest BCUT2D eigenvalue weighted by Crippen LogP contribution is 2.26. The van der Waals surface area contributed by atoms with Crippen molar-refractivity contribution in [2.45, 2.75) is 19.8 Å². The first-order valence-electron chi connectivity index (χ1n) is 6.05. The van der Waals surface area contributed by atoms with Gasteiger partial charge in [0.25, 0.3) is 0 Å². The second kappa shape index (κ2) is 6.33. The Bertz CT molecular complexity index is 446. The summed E-state index contributed by atoms with van der Waals surface area (Å²) in [6.45, 7) is 2.19. The molecule has 1 heterocycles. The van der Waals surface area contributed by atoms with E-state index in [1.165, 1.54) is 11.4 Å². The van der Waals surface area contributed by atoms with Crippen LogP contribution in [0.1, 0.15) is 19.8 Å². The molecule has 8 heteroatoms. The molecular weight excluding hydrogens is 274 g/mol. The Labute approximate surface area is 112 Å². The molecule has 1 saturated heterocycles. The number of hydrogen-bond acceptors (Lipinski definition) is 5. The second-order valence-electron chi connectivity index (χ2n) is 4.74. The van der Waals surface area contributed by atoms with Crippen LogP contribution in [0.4, 0.5) is 0 Å². The van der Waals surface area contributed by atoms with Crippen LogP contribution < -0.4 is 0 Å². The van der Waals surface area contributed by atoms with Crippen LogP contribution >= 0.6 is 0 Å². The number of esters is 1. The van der Waals surface area contributed by atoms with Gasteiger partial charge >= 0.3 is 11.9 Å². The van der Waals surface area contributed by atoms with Gasteiger partial charge in [0.05, 0.1) is 18.8 Å². The number of carboxylic acid groups (broad SMARTS) is 1. The van der Waals surface area contributed by atoms with Gasteiger partial charge in [0, 0.05) is 19.5 Å². The maximum Gasteiger partial charge on any atom is 0.310 e. The molecule has 2 atom stereocenters. The zero-order valence-corrected chi connectivity index (χ0v) is 11.9. The number of rotatable bonds is 6. The summed E-state index contributed by atoms with van der Waals surface area (Å²) in [5.41, 5.74) is 0. The first-order valence-corrected chi connectivity index (χ1v) is 7.66. The van der Waals surface area contributed by atoms with Crippen LogP contribution in [0.25, 0.3) is 0 Å². The fourth-order valence-corrected chi connectivity index (χ4v) is 3.76. The van der Waals surface area contributed by atoms with E-state index >= 15 is 0 Å². The van der Waals surface area contributed by atoms with Gasteiger partial charge in [-0.2, -0.15) is 0 Å². The molecule has 7 nitrogen and oxygen atoms in total. The molecule has 1 fully saturated rings. The summed E-state index contributed by atoms with van der Waals surface area (Å²) in [7, 11) is -2.22. The number of nitrogens with zero attached hydrogens (tertiary/aromatic N) is 1. The van der Waals surface area contributed by atoms with Gasteiger partial charge in [-0.15, -0.1) is 0 Å². The molecule has 0 aliphatic carbocycles. The average molecular weight is 293 g/mol. The van der Waals surface area contributed by atoms with E-state index in [0.717, 1.165) is 0 Å². The number of carbonyl (C=O) groups excluding carboxylic acids is 1. The largest absolute Gasteiger partial charge is 0.481 e. The van der Waals surface area contributed by atoms with Crippen molar-refractivity contribution in [1.82, 2.24) is 4.31 Å². The lowest BCUT2D eigenvalue weighted by molar-refractivity contribution is -0.146. The van der Waals surface area contributed by atoms with E-state index in [9.17, 15) is 18.0 Å². The third-order valence-corrected chi connectivity index (χ3v) is 5.16. The lowest BCUT2D eigenvalue weighted by Gasteiger charge is -2.15. The second-order valence-corrected chi connectivity index (χ2v) is 6.83. The minimum absolute atomic E-state index is 0.0748. The van der Waals surface area contributed by atoms with Crippen molar-refractivity contribution in [2.24, 2.45) is 11.8 Å². The number of ether oxygens (including phenoxy) is 1. The first-order chi connectivity index (χ1) is 8.77. The molecule has 0 bridgehead atoms. The quantitative estimate of drug-likeness (QED) is 0.687. The van der Waals surface area contributed by atoms with Gasteiger partial charge in [0.15, 0.2) is 0 Å². The molecule has 0 saturated carbocycles. The van der Waals surface area contributed by atoms with Crippen molar-refractivity contribution in [3.8, 4) is 0 Å². The maximum absolute atomic E-state index is 12.0. The first kappa shape index (κ1) is 15.9. The minimum Gasteiger partial charge on any atom is -0.481 e. The summed E-state index contributed by atoms with van der Waals surface area (Å²) in [5.74, 6) is -2.17. The van der Waals surface area contributed by atoms with Crippen molar-refractivity contribution in [3.05, 3.63) is 0 Å². The Morgan fingerprint density at radius 3 is 2.53 bits per heavy atom. The Morgan fingerprint density at radius 1 is 1.37 bits per heavy atom. The number of hydrogen-bond donors (Lipinski definition) is 1. The number of aliphatic carboxylic acids is 1. The highest BCUT2D eigenvalue weighted by Gasteiger charge is 2.40. The van der Waals surface area contributed by atoms with E-state index in [-0.39, 0.29) is 37.6 Å². The summed E-state index contributed by atoms with van der Waals surface area (Å²) in [6.07, 6.45) is -0.103. The van der Waals surface area contributed by atoms with Crippen LogP contribution in [-0.4, -0.2) is 55.7 Å². The normalized spacial score (nSPS) is 24.3. The molecule has 0 aromatic heterocycles. The Balaban J connectivity index is 2.61. The molecule has 1 rings (SSSR count). The maximum atomic E-state index is 12.0. The highest BCUT2D eigenvalue weighted by atomic mass is 32.2. The number of carboxylic acids is 1. The number of sulfonamides is 1. The van der Waals surface area contributed by atoms with Crippen molar-refractivity contribution in [1.29, 1.82) is 0 Å². The molecule has 0 radical (unpaired) electrons. The van der Waals surface area contributed by atoms with Gasteiger partial charge in [-0.25, -0.2) is 12.7 Å². The zero-order valence-electron chi connectivity index (χ0n) is 11.0. The molecular formula is C11H19NO6S. The van der Waals surface area contributed by atoms with E-state index in [0.29, 0.717) is 0 Å². The Kier molecular flexibility index (Phi) is 5.30. The fourth-order valence-electron chi connectivity index (χ4n) is 2.14. The Hall–Kier alpha value is -1.15. The predicted octanol–water partition coefficient (Wildman–Crippen LogP) is -0.0781. The third kappa shape index (κ3) is 4.17. The van der Waals surface area contributed by atoms with Gasteiger partial charge in [-0.05, 0) is 12.3 Å². The monoisotopic (exact) mass is 293 g/mol. The topological polar surface area (TPSA) is 101 Å². The minimum atomic E-state index is -3.50. The van der Waals surface area contributed by atoms with Gasteiger partial charge < -0.3 is 9.84 Å². The zero-order chi connectivity index (χ0) is 14.6. The average Bonchev–Trinajstić information content (AvgIpc) is 2.70. The molecule has 0 aromatic rings. The van der Waals surface area contributed by atoms with Crippen LogP contribution in [0.15, 0.2) is 0 Å². The van der Waals surface area contributed by atoms with E-state index in [1.54, 1.807) is 6.92 Å². The van der Waals surface area contributed by atoms with Gasteiger partial charge in [0.1, 0.15) is 0 Å². The summed E-state index contributed by atoms with van der Waals surface area (Å²) in [4.78, 5) is 21.8. The Morgan fingerprint density at radius 2 is 2.00 bits per heavy atom. The van der Waals surface area contributed by atoms with Crippen LogP contribution in [0.3, 0.4) is 0 Å². The van der Waals surface area contributed by atoms with Gasteiger partial charge in [-0.3, -0.25) is 9.59 Å². The molecule has 19 heavy (non-hydrogen) atoms. The molecule has 2 unspecified atom stereocenters. The third-order valence-electron chi connectivity index (χ3n) is 3.27. The van der Waals surface area contributed by atoms with E-state index < -0.39 is 27.9 Å². The fraction of sp³-hybridized carbons (Fsp3) is 0.818. The summed E-state index contributed by atoms with van der Waals surface area (Å²) >= 11 is 0. The van der Waals surface area contributed by atoms with Crippen molar-refractivity contribution in [2.75, 3.05) is 26.0 Å². The van der Waals surface area contributed by atoms with E-state index in [2.05, 4.69) is 4.74 Å². The molecule has 1 N–H and O–H groups in total. The van der Waals surface area contributed by atoms with Crippen molar-refractivity contribution in [3.63, 3.8) is 0 Å². The molecule has 1 aliphatic rings. The van der Waals surface area contributed by atoms with E-state index in [4.69, 9.17) is 5.11 Å². The number of methoxy groups -OCH3 is 1. The van der Waals surface area contributed by atoms with Gasteiger partial charge in [-0.1, -0.05) is 6.92 Å². The van der Waals surface area contributed by atoms with E-state index in [1.807, 2.05) is 0 Å². The highest BCUT2D eigenvalue weighted by molar-refractivity contribution is 7.89.